The molecule has 1 aliphatic carbocycles. The lowest BCUT2D eigenvalue weighted by atomic mass is 9.83. The fourth-order valence-corrected chi connectivity index (χ4v) is 5.41. The van der Waals surface area contributed by atoms with E-state index in [-0.39, 0.29) is 43.6 Å². The van der Waals surface area contributed by atoms with Crippen LogP contribution in [0.4, 0.5) is 8.78 Å². The van der Waals surface area contributed by atoms with E-state index in [1.54, 1.807) is 24.3 Å². The molecule has 9 nitrogen and oxygen atoms in total. The van der Waals surface area contributed by atoms with Gasteiger partial charge in [-0.05, 0) is 48.4 Å². The Balaban J connectivity index is 1.45. The van der Waals surface area contributed by atoms with Gasteiger partial charge in [0.2, 0.25) is 17.7 Å². The Labute approximate surface area is 261 Å². The summed E-state index contributed by atoms with van der Waals surface area (Å²) < 4.78 is 32.1. The third-order valence-electron chi connectivity index (χ3n) is 7.91. The Morgan fingerprint density at radius 3 is 2.22 bits per heavy atom. The largest absolute Gasteiger partial charge is 0.492 e. The van der Waals surface area contributed by atoms with Gasteiger partial charge >= 0.3 is 0 Å². The van der Waals surface area contributed by atoms with Crippen LogP contribution >= 0.6 is 0 Å². The molecular formula is C34H39F2N5O4. The topological polar surface area (TPSA) is 146 Å². The summed E-state index contributed by atoms with van der Waals surface area (Å²) in [6.07, 6.45) is 4.47. The standard InChI is InChI=1S/C34H39F2N5O4/c35-28-16-15-26(20-29(28)36)45-18-17-39-34(44)30(24-9-5-2-6-10-24)41-33(43)27(19-22-11-13-25(14-12-22)31(37)38)32(42)40-21-23-7-3-1-4-8-23/h1,3-4,7-8,11-16,20,24,27,30H,2,5-6,9-10,17-19,21H2,(H3,37,38)(H,39,44)(H,40,42)(H,41,43)/t27?,30-/m0/s1. The van der Waals surface area contributed by atoms with Crippen LogP contribution in [0.2, 0.25) is 0 Å². The number of rotatable bonds is 14. The highest BCUT2D eigenvalue weighted by Gasteiger charge is 2.35. The highest BCUT2D eigenvalue weighted by atomic mass is 19.2. The van der Waals surface area contributed by atoms with Gasteiger partial charge in [-0.15, -0.1) is 0 Å². The molecule has 1 unspecified atom stereocenters. The van der Waals surface area contributed by atoms with Gasteiger partial charge in [-0.2, -0.15) is 0 Å². The summed E-state index contributed by atoms with van der Waals surface area (Å²) in [6.45, 7) is 0.306. The first-order valence-electron chi connectivity index (χ1n) is 15.1. The van der Waals surface area contributed by atoms with E-state index in [0.29, 0.717) is 11.1 Å². The molecule has 0 saturated heterocycles. The van der Waals surface area contributed by atoms with Crippen molar-refractivity contribution in [3.63, 3.8) is 0 Å². The molecular weight excluding hydrogens is 580 g/mol. The van der Waals surface area contributed by atoms with Gasteiger partial charge in [-0.1, -0.05) is 73.9 Å². The summed E-state index contributed by atoms with van der Waals surface area (Å²) in [5.41, 5.74) is 7.67. The first-order chi connectivity index (χ1) is 21.7. The number of nitrogen functional groups attached to an aromatic ring is 1. The minimum atomic E-state index is -1.13. The summed E-state index contributed by atoms with van der Waals surface area (Å²) in [5.74, 6) is -4.68. The molecule has 0 aromatic heterocycles. The molecule has 2 atom stereocenters. The van der Waals surface area contributed by atoms with Crippen LogP contribution in [0.1, 0.15) is 48.8 Å². The monoisotopic (exact) mass is 619 g/mol. The van der Waals surface area contributed by atoms with Crippen molar-refractivity contribution >= 4 is 23.6 Å². The highest BCUT2D eigenvalue weighted by Crippen LogP contribution is 2.27. The third kappa shape index (κ3) is 9.85. The molecule has 6 N–H and O–H groups in total. The number of nitrogens with two attached hydrogens (primary N) is 1. The fourth-order valence-electron chi connectivity index (χ4n) is 5.41. The second-order valence-corrected chi connectivity index (χ2v) is 11.2. The Morgan fingerprint density at radius 1 is 0.844 bits per heavy atom. The predicted octanol–water partition coefficient (Wildman–Crippen LogP) is 3.98. The number of amides is 3. The second-order valence-electron chi connectivity index (χ2n) is 11.2. The van der Waals surface area contributed by atoms with Crippen LogP contribution < -0.4 is 26.4 Å². The molecule has 1 fully saturated rings. The van der Waals surface area contributed by atoms with Crippen LogP contribution in [-0.4, -0.2) is 42.8 Å². The summed E-state index contributed by atoms with van der Waals surface area (Å²) in [5, 5.41) is 16.2. The predicted molar refractivity (Wildman–Crippen MR) is 166 cm³/mol. The molecule has 0 spiro atoms. The number of benzene rings is 3. The van der Waals surface area contributed by atoms with Gasteiger partial charge in [0.05, 0.1) is 6.54 Å². The maximum Gasteiger partial charge on any atom is 0.242 e. The van der Waals surface area contributed by atoms with Crippen LogP contribution in [0.3, 0.4) is 0 Å². The van der Waals surface area contributed by atoms with Crippen LogP contribution in [0.5, 0.6) is 5.75 Å². The van der Waals surface area contributed by atoms with E-state index in [0.717, 1.165) is 49.8 Å². The summed E-state index contributed by atoms with van der Waals surface area (Å²) in [7, 11) is 0. The quantitative estimate of drug-likeness (QED) is 0.0802. The number of amidine groups is 1. The van der Waals surface area contributed by atoms with Gasteiger partial charge in [0.1, 0.15) is 30.2 Å². The summed E-state index contributed by atoms with van der Waals surface area (Å²) >= 11 is 0. The molecule has 3 aromatic carbocycles. The van der Waals surface area contributed by atoms with E-state index in [4.69, 9.17) is 15.9 Å². The average molecular weight is 620 g/mol. The van der Waals surface area contributed by atoms with Crippen molar-refractivity contribution in [2.24, 2.45) is 17.6 Å². The molecule has 0 heterocycles. The molecule has 1 saturated carbocycles. The maximum absolute atomic E-state index is 13.8. The number of halogens is 2. The molecule has 238 valence electrons. The van der Waals surface area contributed by atoms with Gasteiger partial charge in [0.15, 0.2) is 11.6 Å². The molecule has 1 aliphatic rings. The van der Waals surface area contributed by atoms with E-state index >= 15 is 0 Å². The van der Waals surface area contributed by atoms with Crippen LogP contribution in [0.25, 0.3) is 0 Å². The SMILES string of the molecule is N=C(N)c1ccc(CC(C(=O)NCc2ccccc2)C(=O)N[C@H](C(=O)NCCOc2ccc(F)c(F)c2)C2CCCCC2)cc1. The zero-order valence-electron chi connectivity index (χ0n) is 25.0. The van der Waals surface area contributed by atoms with E-state index in [2.05, 4.69) is 16.0 Å². The van der Waals surface area contributed by atoms with Crippen molar-refractivity contribution in [3.8, 4) is 5.75 Å². The van der Waals surface area contributed by atoms with Crippen LogP contribution in [0.15, 0.2) is 72.8 Å². The fraction of sp³-hybridized carbons (Fsp3) is 0.353. The molecule has 3 amide bonds. The van der Waals surface area contributed by atoms with E-state index in [9.17, 15) is 23.2 Å². The second kappa shape index (κ2) is 16.3. The number of nitrogens with one attached hydrogen (secondary N) is 4. The lowest BCUT2D eigenvalue weighted by Crippen LogP contribution is -2.55. The number of carbonyl (C=O) groups excluding carboxylic acids is 3. The van der Waals surface area contributed by atoms with Gasteiger partial charge in [-0.25, -0.2) is 8.78 Å². The Kier molecular flexibility index (Phi) is 12.0. The Morgan fingerprint density at radius 2 is 1.56 bits per heavy atom. The first-order valence-corrected chi connectivity index (χ1v) is 15.1. The van der Waals surface area contributed by atoms with Crippen molar-refractivity contribution in [2.45, 2.75) is 51.1 Å². The zero-order chi connectivity index (χ0) is 32.2. The average Bonchev–Trinajstić information content (AvgIpc) is 3.05. The number of carbonyl (C=O) groups is 3. The van der Waals surface area contributed by atoms with Crippen LogP contribution in [-0.2, 0) is 27.3 Å². The van der Waals surface area contributed by atoms with Gasteiger partial charge in [0, 0.05) is 18.2 Å². The minimum Gasteiger partial charge on any atom is -0.492 e. The van der Waals surface area contributed by atoms with Crippen molar-refractivity contribution in [1.82, 2.24) is 16.0 Å². The smallest absolute Gasteiger partial charge is 0.242 e. The van der Waals surface area contributed by atoms with Crippen LogP contribution in [0, 0.1) is 28.9 Å². The number of hydrogen-bond donors (Lipinski definition) is 5. The maximum atomic E-state index is 13.8. The Bertz CT molecular complexity index is 1460. The van der Waals surface area contributed by atoms with Crippen molar-refractivity contribution in [2.75, 3.05) is 13.2 Å². The van der Waals surface area contributed by atoms with Crippen molar-refractivity contribution in [3.05, 3.63) is 101 Å². The normalized spacial score (nSPS) is 14.5. The molecule has 11 heteroatoms. The zero-order valence-corrected chi connectivity index (χ0v) is 25.0. The highest BCUT2D eigenvalue weighted by molar-refractivity contribution is 6.02. The van der Waals surface area contributed by atoms with Gasteiger partial charge < -0.3 is 26.4 Å². The number of hydrogen-bond acceptors (Lipinski definition) is 5. The molecule has 4 rings (SSSR count). The van der Waals surface area contributed by atoms with E-state index < -0.39 is 41.3 Å². The van der Waals surface area contributed by atoms with E-state index in [1.807, 2.05) is 30.3 Å². The molecule has 45 heavy (non-hydrogen) atoms. The minimum absolute atomic E-state index is 0.00290. The van der Waals surface area contributed by atoms with E-state index in [1.165, 1.54) is 6.07 Å². The van der Waals surface area contributed by atoms with Gasteiger partial charge in [-0.3, -0.25) is 19.8 Å². The summed E-state index contributed by atoms with van der Waals surface area (Å²) in [4.78, 5) is 40.7. The Hall–Kier alpha value is -4.80. The first kappa shape index (κ1) is 33.1. The number of ether oxygens (including phenoxy) is 1. The molecule has 0 bridgehead atoms. The third-order valence-corrected chi connectivity index (χ3v) is 7.91. The van der Waals surface area contributed by atoms with Crippen molar-refractivity contribution in [1.29, 1.82) is 5.41 Å². The van der Waals surface area contributed by atoms with Gasteiger partial charge in [0.25, 0.3) is 0 Å². The molecule has 0 radical (unpaired) electrons. The molecule has 3 aromatic rings. The lowest BCUT2D eigenvalue weighted by molar-refractivity contribution is -0.138. The lowest BCUT2D eigenvalue weighted by Gasteiger charge is -2.31. The summed E-state index contributed by atoms with van der Waals surface area (Å²) in [6, 6.07) is 18.4. The molecule has 0 aliphatic heterocycles. The van der Waals surface area contributed by atoms with Crippen molar-refractivity contribution < 1.29 is 27.9 Å².